The van der Waals surface area contributed by atoms with E-state index in [-0.39, 0.29) is 5.75 Å². The van der Waals surface area contributed by atoms with Crippen molar-refractivity contribution in [2.45, 2.75) is 0 Å². The van der Waals surface area contributed by atoms with Crippen LogP contribution in [0.15, 0.2) is 12.3 Å². The predicted molar refractivity (Wildman–Crippen MR) is 44.4 cm³/mol. The molecule has 74 valence electrons. The Morgan fingerprint density at radius 3 is 2.79 bits per heavy atom. The topological polar surface area (TPSA) is 103 Å². The average molecular weight is 198 g/mol. The van der Waals surface area contributed by atoms with Crippen molar-refractivity contribution in [3.8, 4) is 5.75 Å². The third-order valence-electron chi connectivity index (χ3n) is 1.48. The number of pyridine rings is 1. The number of nitro groups is 1. The third kappa shape index (κ3) is 1.76. The van der Waals surface area contributed by atoms with Crippen molar-refractivity contribution in [1.29, 1.82) is 0 Å². The number of methoxy groups -OCH3 is 1. The van der Waals surface area contributed by atoms with Gasteiger partial charge >= 0.3 is 11.7 Å². The number of carboxylic acids is 1. The zero-order valence-electron chi connectivity index (χ0n) is 7.13. The standard InChI is InChI=1S/C7H6N2O5/c1-14-6-3-8-4(7(10)11)2-5(6)9(12)13/h2-3H,1H3,(H,10,11). The van der Waals surface area contributed by atoms with Crippen LogP contribution in [-0.4, -0.2) is 28.1 Å². The first-order valence-electron chi connectivity index (χ1n) is 3.48. The maximum atomic E-state index is 10.5. The second-order valence-corrected chi connectivity index (χ2v) is 2.30. The molecule has 1 rings (SSSR count). The molecule has 1 heterocycles. The van der Waals surface area contributed by atoms with Crippen LogP contribution in [0.5, 0.6) is 5.75 Å². The molecule has 7 heteroatoms. The summed E-state index contributed by atoms with van der Waals surface area (Å²) in [7, 11) is 1.24. The Hall–Kier alpha value is -2.18. The van der Waals surface area contributed by atoms with E-state index in [1.54, 1.807) is 0 Å². The first-order valence-corrected chi connectivity index (χ1v) is 3.48. The summed E-state index contributed by atoms with van der Waals surface area (Å²) in [6.45, 7) is 0. The molecular weight excluding hydrogens is 192 g/mol. The Balaban J connectivity index is 3.27. The highest BCUT2D eigenvalue weighted by molar-refractivity contribution is 5.86. The highest BCUT2D eigenvalue weighted by atomic mass is 16.6. The van der Waals surface area contributed by atoms with Gasteiger partial charge in [0.2, 0.25) is 5.75 Å². The fraction of sp³-hybridized carbons (Fsp3) is 0.143. The molecule has 0 aromatic carbocycles. The summed E-state index contributed by atoms with van der Waals surface area (Å²) in [6, 6.07) is 0.848. The van der Waals surface area contributed by atoms with Gasteiger partial charge in [-0.3, -0.25) is 10.1 Å². The zero-order valence-corrected chi connectivity index (χ0v) is 7.13. The summed E-state index contributed by atoms with van der Waals surface area (Å²) in [4.78, 5) is 23.6. The zero-order chi connectivity index (χ0) is 10.7. The number of nitrogens with zero attached hydrogens (tertiary/aromatic N) is 2. The summed E-state index contributed by atoms with van der Waals surface area (Å²) in [5, 5.41) is 19.0. The Morgan fingerprint density at radius 1 is 1.71 bits per heavy atom. The number of aromatic nitrogens is 1. The molecule has 1 aromatic heterocycles. The van der Waals surface area contributed by atoms with E-state index < -0.39 is 22.3 Å². The van der Waals surface area contributed by atoms with E-state index in [2.05, 4.69) is 9.72 Å². The normalized spacial score (nSPS) is 9.50. The monoisotopic (exact) mass is 198 g/mol. The molecule has 0 radical (unpaired) electrons. The molecule has 0 saturated carbocycles. The van der Waals surface area contributed by atoms with E-state index in [1.807, 2.05) is 0 Å². The van der Waals surface area contributed by atoms with Crippen molar-refractivity contribution in [1.82, 2.24) is 4.98 Å². The quantitative estimate of drug-likeness (QED) is 0.566. The summed E-state index contributed by atoms with van der Waals surface area (Å²) in [6.07, 6.45) is 1.00. The van der Waals surface area contributed by atoms with Gasteiger partial charge in [0.1, 0.15) is 0 Å². The van der Waals surface area contributed by atoms with Crippen LogP contribution in [0.2, 0.25) is 0 Å². The number of hydrogen-bond acceptors (Lipinski definition) is 5. The number of aromatic carboxylic acids is 1. The molecule has 0 fully saturated rings. The van der Waals surface area contributed by atoms with E-state index in [0.717, 1.165) is 12.3 Å². The molecule has 0 aliphatic heterocycles. The molecule has 0 amide bonds. The lowest BCUT2D eigenvalue weighted by atomic mass is 10.3. The van der Waals surface area contributed by atoms with Crippen molar-refractivity contribution < 1.29 is 19.6 Å². The minimum atomic E-state index is -1.32. The fourth-order valence-electron chi connectivity index (χ4n) is 0.849. The minimum Gasteiger partial charge on any atom is -0.489 e. The van der Waals surface area contributed by atoms with Crippen LogP contribution in [0.25, 0.3) is 0 Å². The van der Waals surface area contributed by atoms with Gasteiger partial charge in [-0.25, -0.2) is 9.78 Å². The molecule has 0 unspecified atom stereocenters. The lowest BCUT2D eigenvalue weighted by molar-refractivity contribution is -0.385. The lowest BCUT2D eigenvalue weighted by Gasteiger charge is -2.00. The first-order chi connectivity index (χ1) is 6.56. The Labute approximate surface area is 78.1 Å². The smallest absolute Gasteiger partial charge is 0.354 e. The second-order valence-electron chi connectivity index (χ2n) is 2.30. The van der Waals surface area contributed by atoms with E-state index in [0.29, 0.717) is 0 Å². The Kier molecular flexibility index (Phi) is 2.61. The van der Waals surface area contributed by atoms with Crippen LogP contribution in [0, 0.1) is 10.1 Å². The van der Waals surface area contributed by atoms with E-state index in [4.69, 9.17) is 5.11 Å². The van der Waals surface area contributed by atoms with Gasteiger partial charge in [-0.05, 0) is 0 Å². The van der Waals surface area contributed by atoms with Gasteiger partial charge in [0, 0.05) is 0 Å². The number of carboxylic acid groups (broad SMARTS) is 1. The molecule has 0 saturated heterocycles. The van der Waals surface area contributed by atoms with Gasteiger partial charge in [-0.2, -0.15) is 0 Å². The van der Waals surface area contributed by atoms with Crippen LogP contribution >= 0.6 is 0 Å². The summed E-state index contributed by atoms with van der Waals surface area (Å²) >= 11 is 0. The molecule has 1 aromatic rings. The SMILES string of the molecule is COc1cnc(C(=O)O)cc1[N+](=O)[O-]. The molecule has 0 atom stereocenters. The lowest BCUT2D eigenvalue weighted by Crippen LogP contribution is -2.03. The van der Waals surface area contributed by atoms with E-state index >= 15 is 0 Å². The predicted octanol–water partition coefficient (Wildman–Crippen LogP) is 0.697. The number of ether oxygens (including phenoxy) is 1. The molecule has 14 heavy (non-hydrogen) atoms. The van der Waals surface area contributed by atoms with Gasteiger partial charge in [0.25, 0.3) is 0 Å². The van der Waals surface area contributed by atoms with Crippen molar-refractivity contribution in [2.24, 2.45) is 0 Å². The van der Waals surface area contributed by atoms with Gasteiger partial charge < -0.3 is 9.84 Å². The highest BCUT2D eigenvalue weighted by Crippen LogP contribution is 2.25. The number of carbonyl (C=O) groups is 1. The van der Waals surface area contributed by atoms with Crippen LogP contribution in [0.4, 0.5) is 5.69 Å². The molecule has 0 spiro atoms. The largest absolute Gasteiger partial charge is 0.489 e. The van der Waals surface area contributed by atoms with E-state index in [9.17, 15) is 14.9 Å². The van der Waals surface area contributed by atoms with Crippen molar-refractivity contribution in [2.75, 3.05) is 7.11 Å². The second kappa shape index (κ2) is 3.69. The number of rotatable bonds is 3. The Bertz CT molecular complexity index is 390. The van der Waals surface area contributed by atoms with Crippen molar-refractivity contribution in [3.63, 3.8) is 0 Å². The summed E-state index contributed by atoms with van der Waals surface area (Å²) < 4.78 is 4.64. The third-order valence-corrected chi connectivity index (χ3v) is 1.48. The van der Waals surface area contributed by atoms with Gasteiger partial charge in [0.05, 0.1) is 24.3 Å². The molecule has 0 bridgehead atoms. The Morgan fingerprint density at radius 2 is 2.36 bits per heavy atom. The van der Waals surface area contributed by atoms with Gasteiger partial charge in [0.15, 0.2) is 5.69 Å². The summed E-state index contributed by atoms with van der Waals surface area (Å²) in [5.41, 5.74) is -0.808. The highest BCUT2D eigenvalue weighted by Gasteiger charge is 2.18. The average Bonchev–Trinajstić information content (AvgIpc) is 2.16. The van der Waals surface area contributed by atoms with Crippen molar-refractivity contribution in [3.05, 3.63) is 28.1 Å². The maximum Gasteiger partial charge on any atom is 0.354 e. The van der Waals surface area contributed by atoms with Gasteiger partial charge in [-0.15, -0.1) is 0 Å². The maximum absolute atomic E-state index is 10.5. The molecule has 0 aliphatic carbocycles. The molecule has 0 aliphatic rings. The van der Waals surface area contributed by atoms with Crippen LogP contribution in [0.3, 0.4) is 0 Å². The van der Waals surface area contributed by atoms with Gasteiger partial charge in [-0.1, -0.05) is 0 Å². The van der Waals surface area contributed by atoms with E-state index in [1.165, 1.54) is 7.11 Å². The van der Waals surface area contributed by atoms with Crippen LogP contribution in [0.1, 0.15) is 10.5 Å². The first kappa shape index (κ1) is 9.90. The van der Waals surface area contributed by atoms with Crippen LogP contribution < -0.4 is 4.74 Å². The summed E-state index contributed by atoms with van der Waals surface area (Å²) in [5.74, 6) is -1.39. The molecular formula is C7H6N2O5. The molecule has 1 N–H and O–H groups in total. The van der Waals surface area contributed by atoms with Crippen LogP contribution in [-0.2, 0) is 0 Å². The molecule has 7 nitrogen and oxygen atoms in total. The van der Waals surface area contributed by atoms with Crippen molar-refractivity contribution >= 4 is 11.7 Å². The minimum absolute atomic E-state index is 0.0694. The number of hydrogen-bond donors (Lipinski definition) is 1. The fourth-order valence-corrected chi connectivity index (χ4v) is 0.849.